The Kier molecular flexibility index (Phi) is 6.22. The summed E-state index contributed by atoms with van der Waals surface area (Å²) < 4.78 is 32.2. The summed E-state index contributed by atoms with van der Waals surface area (Å²) >= 11 is 0. The third-order valence-electron chi connectivity index (χ3n) is 2.82. The second kappa shape index (κ2) is 7.44. The summed E-state index contributed by atoms with van der Waals surface area (Å²) in [6, 6.07) is 3.41. The van der Waals surface area contributed by atoms with E-state index in [1.165, 1.54) is 12.1 Å². The summed E-state index contributed by atoms with van der Waals surface area (Å²) in [5.41, 5.74) is 0.592. The van der Waals surface area contributed by atoms with Gasteiger partial charge in [0.25, 0.3) is 0 Å². The summed E-state index contributed by atoms with van der Waals surface area (Å²) in [6.45, 7) is 7.17. The van der Waals surface area contributed by atoms with Gasteiger partial charge in [-0.05, 0) is 37.6 Å². The molecule has 0 saturated heterocycles. The van der Waals surface area contributed by atoms with Crippen molar-refractivity contribution < 1.29 is 13.5 Å². The molecule has 0 radical (unpaired) electrons. The summed E-state index contributed by atoms with van der Waals surface area (Å²) in [6.07, 6.45) is 0.694. The molecule has 2 atom stereocenters. The van der Waals surface area contributed by atoms with E-state index in [2.05, 4.69) is 5.32 Å². The summed E-state index contributed by atoms with van der Waals surface area (Å²) in [5, 5.41) is 3.23. The zero-order chi connectivity index (χ0) is 13.5. The number of hydrogen-bond acceptors (Lipinski definition) is 2. The molecule has 0 aliphatic rings. The first-order valence-electron chi connectivity index (χ1n) is 6.43. The Morgan fingerprint density at radius 3 is 2.17 bits per heavy atom. The summed E-state index contributed by atoms with van der Waals surface area (Å²) in [7, 11) is 0. The lowest BCUT2D eigenvalue weighted by molar-refractivity contribution is 0.0317. The Balaban J connectivity index is 3.01. The fourth-order valence-corrected chi connectivity index (χ4v) is 2.10. The molecular formula is C14H21F2NO. The topological polar surface area (TPSA) is 21.3 Å². The number of halogens is 2. The molecule has 0 spiro atoms. The molecule has 0 amide bonds. The van der Waals surface area contributed by atoms with Gasteiger partial charge < -0.3 is 10.1 Å². The van der Waals surface area contributed by atoms with Crippen molar-refractivity contribution >= 4 is 0 Å². The lowest BCUT2D eigenvalue weighted by atomic mass is 9.99. The van der Waals surface area contributed by atoms with Crippen LogP contribution < -0.4 is 5.32 Å². The maximum atomic E-state index is 13.3. The first-order chi connectivity index (χ1) is 8.62. The van der Waals surface area contributed by atoms with Gasteiger partial charge >= 0.3 is 0 Å². The Labute approximate surface area is 107 Å². The van der Waals surface area contributed by atoms with E-state index in [9.17, 15) is 8.78 Å². The van der Waals surface area contributed by atoms with Crippen LogP contribution in [0, 0.1) is 11.6 Å². The average molecular weight is 257 g/mol. The van der Waals surface area contributed by atoms with Crippen LogP contribution >= 0.6 is 0 Å². The van der Waals surface area contributed by atoms with Crippen molar-refractivity contribution in [3.8, 4) is 0 Å². The second-order valence-electron chi connectivity index (χ2n) is 4.14. The minimum atomic E-state index is -0.556. The lowest BCUT2D eigenvalue weighted by Crippen LogP contribution is -2.33. The molecule has 0 bridgehead atoms. The Morgan fingerprint density at radius 2 is 1.72 bits per heavy atom. The van der Waals surface area contributed by atoms with Crippen molar-refractivity contribution in [2.45, 2.75) is 39.3 Å². The standard InChI is InChI=1S/C14H21F2NO/c1-4-13(18-6-3)14(17-5-2)10-7-11(15)9-12(16)8-10/h7-9,13-14,17H,4-6H2,1-3H3. The lowest BCUT2D eigenvalue weighted by Gasteiger charge is -2.27. The van der Waals surface area contributed by atoms with Crippen molar-refractivity contribution in [3.63, 3.8) is 0 Å². The minimum Gasteiger partial charge on any atom is -0.377 e. The van der Waals surface area contributed by atoms with Gasteiger partial charge in [0.2, 0.25) is 0 Å². The molecule has 0 aromatic heterocycles. The largest absolute Gasteiger partial charge is 0.377 e. The van der Waals surface area contributed by atoms with Crippen molar-refractivity contribution in [2.75, 3.05) is 13.2 Å². The van der Waals surface area contributed by atoms with E-state index in [1.807, 2.05) is 20.8 Å². The zero-order valence-electron chi connectivity index (χ0n) is 11.2. The minimum absolute atomic E-state index is 0.0869. The number of hydrogen-bond donors (Lipinski definition) is 1. The maximum Gasteiger partial charge on any atom is 0.126 e. The first-order valence-corrected chi connectivity index (χ1v) is 6.43. The molecule has 2 unspecified atom stereocenters. The monoisotopic (exact) mass is 257 g/mol. The van der Waals surface area contributed by atoms with Crippen LogP contribution in [0.25, 0.3) is 0 Å². The first kappa shape index (κ1) is 15.1. The van der Waals surface area contributed by atoms with Crippen LogP contribution in [0.15, 0.2) is 18.2 Å². The molecule has 0 aliphatic carbocycles. The van der Waals surface area contributed by atoms with E-state index in [-0.39, 0.29) is 12.1 Å². The highest BCUT2D eigenvalue weighted by Crippen LogP contribution is 2.23. The fraction of sp³-hybridized carbons (Fsp3) is 0.571. The summed E-state index contributed by atoms with van der Waals surface area (Å²) in [5.74, 6) is -1.11. The van der Waals surface area contributed by atoms with E-state index in [0.717, 1.165) is 12.5 Å². The van der Waals surface area contributed by atoms with Crippen LogP contribution in [0.2, 0.25) is 0 Å². The number of likely N-dealkylation sites (N-methyl/N-ethyl adjacent to an activating group) is 1. The second-order valence-corrected chi connectivity index (χ2v) is 4.14. The molecule has 102 valence electrons. The Morgan fingerprint density at radius 1 is 1.11 bits per heavy atom. The van der Waals surface area contributed by atoms with E-state index >= 15 is 0 Å². The molecule has 0 aliphatic heterocycles. The smallest absolute Gasteiger partial charge is 0.126 e. The summed E-state index contributed by atoms with van der Waals surface area (Å²) in [4.78, 5) is 0. The molecule has 0 saturated carbocycles. The van der Waals surface area contributed by atoms with Gasteiger partial charge in [-0.25, -0.2) is 8.78 Å². The van der Waals surface area contributed by atoms with Crippen molar-refractivity contribution in [2.24, 2.45) is 0 Å². The van der Waals surface area contributed by atoms with E-state index in [0.29, 0.717) is 18.7 Å². The van der Waals surface area contributed by atoms with Crippen LogP contribution in [0.3, 0.4) is 0 Å². The maximum absolute atomic E-state index is 13.3. The highest BCUT2D eigenvalue weighted by atomic mass is 19.1. The molecule has 18 heavy (non-hydrogen) atoms. The van der Waals surface area contributed by atoms with Gasteiger partial charge in [0, 0.05) is 12.7 Å². The normalized spacial score (nSPS) is 14.5. The van der Waals surface area contributed by atoms with Crippen molar-refractivity contribution in [1.82, 2.24) is 5.32 Å². The van der Waals surface area contributed by atoms with E-state index in [4.69, 9.17) is 4.74 Å². The number of benzene rings is 1. The highest BCUT2D eigenvalue weighted by molar-refractivity contribution is 5.22. The fourth-order valence-electron chi connectivity index (χ4n) is 2.10. The van der Waals surface area contributed by atoms with Gasteiger partial charge in [-0.2, -0.15) is 0 Å². The molecule has 4 heteroatoms. The van der Waals surface area contributed by atoms with Gasteiger partial charge in [-0.15, -0.1) is 0 Å². The van der Waals surface area contributed by atoms with Crippen molar-refractivity contribution in [1.29, 1.82) is 0 Å². The van der Waals surface area contributed by atoms with Crippen LogP contribution in [0.1, 0.15) is 38.8 Å². The molecule has 1 aromatic carbocycles. The van der Waals surface area contributed by atoms with Crippen LogP contribution in [-0.2, 0) is 4.74 Å². The number of ether oxygens (including phenoxy) is 1. The predicted octanol–water partition coefficient (Wildman–Crippen LogP) is 3.43. The van der Waals surface area contributed by atoms with Gasteiger partial charge in [-0.3, -0.25) is 0 Å². The van der Waals surface area contributed by atoms with Gasteiger partial charge in [-0.1, -0.05) is 13.8 Å². The van der Waals surface area contributed by atoms with Crippen LogP contribution in [-0.4, -0.2) is 19.3 Å². The predicted molar refractivity (Wildman–Crippen MR) is 68.5 cm³/mol. The average Bonchev–Trinajstić information content (AvgIpc) is 2.32. The van der Waals surface area contributed by atoms with E-state index in [1.54, 1.807) is 0 Å². The molecular weight excluding hydrogens is 236 g/mol. The highest BCUT2D eigenvalue weighted by Gasteiger charge is 2.22. The molecule has 1 aromatic rings. The van der Waals surface area contributed by atoms with Gasteiger partial charge in [0.05, 0.1) is 12.1 Å². The Hall–Kier alpha value is -1.00. The molecule has 0 fully saturated rings. The van der Waals surface area contributed by atoms with Gasteiger partial charge in [0.1, 0.15) is 11.6 Å². The Bertz CT molecular complexity index is 351. The van der Waals surface area contributed by atoms with Crippen LogP contribution in [0.5, 0.6) is 0 Å². The van der Waals surface area contributed by atoms with Gasteiger partial charge in [0.15, 0.2) is 0 Å². The third kappa shape index (κ3) is 4.03. The van der Waals surface area contributed by atoms with Crippen molar-refractivity contribution in [3.05, 3.63) is 35.4 Å². The third-order valence-corrected chi connectivity index (χ3v) is 2.82. The zero-order valence-corrected chi connectivity index (χ0v) is 11.2. The quantitative estimate of drug-likeness (QED) is 0.808. The molecule has 0 heterocycles. The molecule has 2 nitrogen and oxygen atoms in total. The molecule has 1 rings (SSSR count). The van der Waals surface area contributed by atoms with Crippen LogP contribution in [0.4, 0.5) is 8.78 Å². The molecule has 1 N–H and O–H groups in total. The van der Waals surface area contributed by atoms with E-state index < -0.39 is 11.6 Å². The number of rotatable bonds is 7. The SMILES string of the molecule is CCNC(c1cc(F)cc(F)c1)C(CC)OCC. The number of nitrogens with one attached hydrogen (secondary N) is 1.